The van der Waals surface area contributed by atoms with Gasteiger partial charge in [-0.2, -0.15) is 0 Å². The third kappa shape index (κ3) is 3.92. The van der Waals surface area contributed by atoms with E-state index in [-0.39, 0.29) is 6.04 Å². The van der Waals surface area contributed by atoms with Gasteiger partial charge in [0.25, 0.3) is 0 Å². The smallest absolute Gasteiger partial charge is 0.242 e. The predicted octanol–water partition coefficient (Wildman–Crippen LogP) is 3.27. The highest BCUT2D eigenvalue weighted by molar-refractivity contribution is 7.89. The molecule has 1 unspecified atom stereocenters. The Balaban J connectivity index is 2.25. The van der Waals surface area contributed by atoms with E-state index in [0.717, 1.165) is 21.1 Å². The molecule has 2 aromatic rings. The highest BCUT2D eigenvalue weighted by atomic mass is 32.2. The maximum Gasteiger partial charge on any atom is 0.242 e. The van der Waals surface area contributed by atoms with Crippen molar-refractivity contribution in [3.63, 3.8) is 0 Å². The van der Waals surface area contributed by atoms with Crippen LogP contribution in [0.25, 0.3) is 0 Å². The molecule has 4 nitrogen and oxygen atoms in total. The van der Waals surface area contributed by atoms with Crippen LogP contribution in [0.4, 0.5) is 0 Å². The van der Waals surface area contributed by atoms with Crippen molar-refractivity contribution in [2.45, 2.75) is 37.8 Å². The van der Waals surface area contributed by atoms with E-state index in [1.165, 1.54) is 11.3 Å². The molecule has 0 saturated heterocycles. The van der Waals surface area contributed by atoms with Gasteiger partial charge in [0.05, 0.1) is 10.9 Å². The van der Waals surface area contributed by atoms with Crippen molar-refractivity contribution < 1.29 is 8.42 Å². The molecule has 0 aliphatic carbocycles. The lowest BCUT2D eigenvalue weighted by molar-refractivity contribution is 0.553. The van der Waals surface area contributed by atoms with E-state index in [1.807, 2.05) is 38.4 Å². The molecule has 116 valence electrons. The van der Waals surface area contributed by atoms with Crippen molar-refractivity contribution in [1.29, 1.82) is 0 Å². The molecule has 2 N–H and O–H groups in total. The first-order valence-electron chi connectivity index (χ1n) is 6.77. The second-order valence-corrected chi connectivity index (χ2v) is 8.76. The summed E-state index contributed by atoms with van der Waals surface area (Å²) in [6.45, 7) is 4.52. The zero-order chi connectivity index (χ0) is 15.5. The highest BCUT2D eigenvalue weighted by Gasteiger charge is 2.24. The summed E-state index contributed by atoms with van der Waals surface area (Å²) in [6.07, 6.45) is 0.728. The van der Waals surface area contributed by atoms with E-state index >= 15 is 0 Å². The molecule has 0 bridgehead atoms. The van der Waals surface area contributed by atoms with Gasteiger partial charge in [0.1, 0.15) is 0 Å². The van der Waals surface area contributed by atoms with Gasteiger partial charge >= 0.3 is 0 Å². The average molecular weight is 345 g/mol. The van der Waals surface area contributed by atoms with Crippen molar-refractivity contribution in [3.8, 4) is 0 Å². The summed E-state index contributed by atoms with van der Waals surface area (Å²) in [6, 6.07) is 5.51. The topological polar surface area (TPSA) is 58.2 Å². The van der Waals surface area contributed by atoms with Crippen LogP contribution in [0.1, 0.15) is 34.0 Å². The van der Waals surface area contributed by atoms with Gasteiger partial charge in [-0.25, -0.2) is 13.1 Å². The summed E-state index contributed by atoms with van der Waals surface area (Å²) in [5, 5.41) is 5.01. The van der Waals surface area contributed by atoms with Gasteiger partial charge in [-0.05, 0) is 37.9 Å². The number of sulfonamides is 1. The summed E-state index contributed by atoms with van der Waals surface area (Å²) < 4.78 is 28.1. The van der Waals surface area contributed by atoms with E-state index in [2.05, 4.69) is 10.0 Å². The molecule has 0 amide bonds. The molecule has 1 atom stereocenters. The third-order valence-electron chi connectivity index (χ3n) is 3.16. The van der Waals surface area contributed by atoms with Crippen molar-refractivity contribution in [2.75, 3.05) is 7.05 Å². The van der Waals surface area contributed by atoms with Crippen LogP contribution in [-0.2, 0) is 16.6 Å². The molecule has 0 fully saturated rings. The van der Waals surface area contributed by atoms with Crippen LogP contribution in [-0.4, -0.2) is 15.5 Å². The van der Waals surface area contributed by atoms with Crippen molar-refractivity contribution >= 4 is 32.7 Å². The minimum Gasteiger partial charge on any atom is -0.315 e. The van der Waals surface area contributed by atoms with Gasteiger partial charge in [0.15, 0.2) is 0 Å². The van der Waals surface area contributed by atoms with E-state index in [4.69, 9.17) is 0 Å². The zero-order valence-electron chi connectivity index (χ0n) is 12.3. The third-order valence-corrected chi connectivity index (χ3v) is 6.92. The van der Waals surface area contributed by atoms with Gasteiger partial charge in [-0.15, -0.1) is 22.7 Å². The molecule has 2 aromatic heterocycles. The molecule has 2 rings (SSSR count). The summed E-state index contributed by atoms with van der Waals surface area (Å²) in [5.41, 5.74) is 0. The minimum atomic E-state index is -3.49. The van der Waals surface area contributed by atoms with Crippen molar-refractivity contribution in [3.05, 3.63) is 38.2 Å². The molecule has 0 spiro atoms. The molecular weight excluding hydrogens is 324 g/mol. The fraction of sp³-hybridized carbons (Fsp3) is 0.429. The van der Waals surface area contributed by atoms with Crippen LogP contribution in [0, 0.1) is 6.92 Å². The quantitative estimate of drug-likeness (QED) is 0.810. The Morgan fingerprint density at radius 3 is 2.71 bits per heavy atom. The van der Waals surface area contributed by atoms with Gasteiger partial charge in [0, 0.05) is 21.2 Å². The van der Waals surface area contributed by atoms with Crippen LogP contribution < -0.4 is 10.0 Å². The monoisotopic (exact) mass is 344 g/mol. The Morgan fingerprint density at radius 1 is 1.38 bits per heavy atom. The second-order valence-electron chi connectivity index (χ2n) is 4.76. The molecule has 21 heavy (non-hydrogen) atoms. The lowest BCUT2D eigenvalue weighted by Crippen LogP contribution is -2.28. The summed E-state index contributed by atoms with van der Waals surface area (Å²) in [5.74, 6) is 0. The van der Waals surface area contributed by atoms with Crippen LogP contribution in [0.5, 0.6) is 0 Å². The van der Waals surface area contributed by atoms with Crippen LogP contribution >= 0.6 is 22.7 Å². The normalized spacial score (nSPS) is 13.5. The molecule has 0 aromatic carbocycles. The SMILES string of the molecule is CCC(NS(=O)(=O)c1cc(CNC)sc1C)c1cccs1. The molecule has 0 radical (unpaired) electrons. The first-order chi connectivity index (χ1) is 9.97. The predicted molar refractivity (Wildman–Crippen MR) is 89.5 cm³/mol. The molecule has 0 saturated carbocycles. The lowest BCUT2D eigenvalue weighted by Gasteiger charge is -2.15. The Bertz CT molecular complexity index is 675. The first kappa shape index (κ1) is 16.6. The number of nitrogens with one attached hydrogen (secondary N) is 2. The van der Waals surface area contributed by atoms with E-state index < -0.39 is 10.0 Å². The molecule has 7 heteroatoms. The maximum absolute atomic E-state index is 12.6. The average Bonchev–Trinajstić information content (AvgIpc) is 3.06. The first-order valence-corrected chi connectivity index (χ1v) is 9.95. The Kier molecular flexibility index (Phi) is 5.56. The van der Waals surface area contributed by atoms with E-state index in [9.17, 15) is 8.42 Å². The van der Waals surface area contributed by atoms with Crippen molar-refractivity contribution in [1.82, 2.24) is 10.0 Å². The van der Waals surface area contributed by atoms with Crippen molar-refractivity contribution in [2.24, 2.45) is 0 Å². The lowest BCUT2D eigenvalue weighted by atomic mass is 10.2. The second kappa shape index (κ2) is 7.02. The van der Waals surface area contributed by atoms with Gasteiger partial charge in [-0.3, -0.25) is 0 Å². The highest BCUT2D eigenvalue weighted by Crippen LogP contribution is 2.29. The fourth-order valence-electron chi connectivity index (χ4n) is 2.14. The molecule has 2 heterocycles. The molecule has 0 aliphatic heterocycles. The number of hydrogen-bond acceptors (Lipinski definition) is 5. The van der Waals surface area contributed by atoms with Gasteiger partial charge in [0.2, 0.25) is 10.0 Å². The fourth-order valence-corrected chi connectivity index (χ4v) is 6.02. The minimum absolute atomic E-state index is 0.165. The van der Waals surface area contributed by atoms with Crippen LogP contribution in [0.15, 0.2) is 28.5 Å². The zero-order valence-corrected chi connectivity index (χ0v) is 14.8. The Morgan fingerprint density at radius 2 is 2.14 bits per heavy atom. The maximum atomic E-state index is 12.6. The Labute approximate surface area is 134 Å². The van der Waals surface area contributed by atoms with Crippen LogP contribution in [0.2, 0.25) is 0 Å². The number of thiophene rings is 2. The summed E-state index contributed by atoms with van der Waals surface area (Å²) in [7, 11) is -1.63. The van der Waals surface area contributed by atoms with Crippen LogP contribution in [0.3, 0.4) is 0 Å². The number of aryl methyl sites for hydroxylation is 1. The number of hydrogen-bond donors (Lipinski definition) is 2. The summed E-state index contributed by atoms with van der Waals surface area (Å²) >= 11 is 3.09. The summed E-state index contributed by atoms with van der Waals surface area (Å²) in [4.78, 5) is 3.30. The standard InChI is InChI=1S/C14H20N2O2S3/c1-4-12(13-6-5-7-19-13)16-21(17,18)14-8-11(9-15-3)20-10(14)2/h5-8,12,15-16H,4,9H2,1-3H3. The van der Waals surface area contributed by atoms with E-state index in [1.54, 1.807) is 17.4 Å². The van der Waals surface area contributed by atoms with Gasteiger partial charge in [-0.1, -0.05) is 13.0 Å². The molecular formula is C14H20N2O2S3. The van der Waals surface area contributed by atoms with Gasteiger partial charge < -0.3 is 5.32 Å². The largest absolute Gasteiger partial charge is 0.315 e. The Hall–Kier alpha value is -0.730. The molecule has 0 aliphatic rings. The van der Waals surface area contributed by atoms with E-state index in [0.29, 0.717) is 11.4 Å². The number of rotatable bonds is 7.